The number of aromatic nitrogens is 1. The molecule has 0 N–H and O–H groups in total. The summed E-state index contributed by atoms with van der Waals surface area (Å²) in [6, 6.07) is 3.85. The monoisotopic (exact) mass is 287 g/mol. The van der Waals surface area contributed by atoms with Gasteiger partial charge in [0.1, 0.15) is 0 Å². The third-order valence-corrected chi connectivity index (χ3v) is 6.49. The van der Waals surface area contributed by atoms with Crippen molar-refractivity contribution in [2.24, 2.45) is 0 Å². The first-order valence-electron chi connectivity index (χ1n) is 6.27. The average molecular weight is 288 g/mol. The molecule has 1 aromatic heterocycles. The molecule has 3 nitrogen and oxygen atoms in total. The molecule has 2 rings (SSSR count). The van der Waals surface area contributed by atoms with Crippen molar-refractivity contribution in [3.05, 3.63) is 29.6 Å². The lowest BCUT2D eigenvalue weighted by molar-refractivity contribution is 0.528. The molecule has 2 heterocycles. The highest BCUT2D eigenvalue weighted by Gasteiger charge is 2.34. The molecule has 1 aliphatic heterocycles. The number of nitrogens with zero attached hydrogens (tertiary/aromatic N) is 1. The summed E-state index contributed by atoms with van der Waals surface area (Å²) >= 11 is 6.33. The van der Waals surface area contributed by atoms with Crippen LogP contribution in [0.25, 0.3) is 0 Å². The van der Waals surface area contributed by atoms with Crippen molar-refractivity contribution in [3.63, 3.8) is 0 Å². The molecule has 0 aliphatic carbocycles. The second-order valence-electron chi connectivity index (χ2n) is 4.89. The molecular weight excluding hydrogens is 270 g/mol. The standard InChI is InChI=1S/C13H18ClNO2S/c1-10-5-4-7-15-12(10)9-11(14)13-6-2-3-8-18(13,16)17/h4-5,7,11,13H,2-3,6,8-9H2,1H3. The Kier molecular flexibility index (Phi) is 4.28. The fourth-order valence-corrected chi connectivity index (χ4v) is 5.16. The van der Waals surface area contributed by atoms with Crippen LogP contribution in [0.4, 0.5) is 0 Å². The largest absolute Gasteiger partial charge is 0.261 e. The molecule has 2 unspecified atom stereocenters. The highest BCUT2D eigenvalue weighted by atomic mass is 35.5. The smallest absolute Gasteiger partial charge is 0.154 e. The van der Waals surface area contributed by atoms with Crippen molar-refractivity contribution in [3.8, 4) is 0 Å². The molecule has 0 radical (unpaired) electrons. The van der Waals surface area contributed by atoms with Gasteiger partial charge in [-0.25, -0.2) is 8.42 Å². The normalized spacial score (nSPS) is 24.7. The van der Waals surface area contributed by atoms with E-state index in [9.17, 15) is 8.42 Å². The molecule has 5 heteroatoms. The van der Waals surface area contributed by atoms with Gasteiger partial charge in [-0.05, 0) is 31.4 Å². The van der Waals surface area contributed by atoms with Crippen LogP contribution in [0.5, 0.6) is 0 Å². The molecule has 1 aliphatic rings. The van der Waals surface area contributed by atoms with E-state index in [1.807, 2.05) is 19.1 Å². The number of sulfone groups is 1. The summed E-state index contributed by atoms with van der Waals surface area (Å²) in [7, 11) is -3.02. The Labute approximate surface area is 113 Å². The van der Waals surface area contributed by atoms with Gasteiger partial charge in [0, 0.05) is 18.3 Å². The molecule has 18 heavy (non-hydrogen) atoms. The number of rotatable bonds is 3. The second kappa shape index (κ2) is 5.57. The molecule has 0 saturated carbocycles. The van der Waals surface area contributed by atoms with Crippen LogP contribution in [0.15, 0.2) is 18.3 Å². The minimum Gasteiger partial charge on any atom is -0.261 e. The van der Waals surface area contributed by atoms with Gasteiger partial charge in [-0.1, -0.05) is 12.5 Å². The van der Waals surface area contributed by atoms with Crippen molar-refractivity contribution >= 4 is 21.4 Å². The lowest BCUT2D eigenvalue weighted by Gasteiger charge is -2.26. The second-order valence-corrected chi connectivity index (χ2v) is 7.79. The van der Waals surface area contributed by atoms with Gasteiger partial charge in [-0.2, -0.15) is 0 Å². The maximum atomic E-state index is 12.0. The molecule has 0 amide bonds. The van der Waals surface area contributed by atoms with E-state index in [1.54, 1.807) is 6.20 Å². The molecule has 1 saturated heterocycles. The van der Waals surface area contributed by atoms with Crippen LogP contribution >= 0.6 is 11.6 Å². The molecular formula is C13H18ClNO2S. The van der Waals surface area contributed by atoms with E-state index in [-0.39, 0.29) is 11.1 Å². The first-order valence-corrected chi connectivity index (χ1v) is 8.42. The van der Waals surface area contributed by atoms with E-state index in [0.29, 0.717) is 12.8 Å². The predicted molar refractivity (Wildman–Crippen MR) is 73.7 cm³/mol. The van der Waals surface area contributed by atoms with Crippen molar-refractivity contribution in [1.82, 2.24) is 4.98 Å². The number of pyridine rings is 1. The maximum Gasteiger partial charge on any atom is 0.154 e. The van der Waals surface area contributed by atoms with Crippen molar-refractivity contribution in [2.75, 3.05) is 5.75 Å². The average Bonchev–Trinajstić information content (AvgIpc) is 2.31. The van der Waals surface area contributed by atoms with Gasteiger partial charge in [0.25, 0.3) is 0 Å². The summed E-state index contributed by atoms with van der Waals surface area (Å²) in [5, 5.41) is -0.779. The van der Waals surface area contributed by atoms with E-state index < -0.39 is 15.1 Å². The van der Waals surface area contributed by atoms with E-state index in [4.69, 9.17) is 11.6 Å². The van der Waals surface area contributed by atoms with Crippen LogP contribution in [-0.2, 0) is 16.3 Å². The van der Waals surface area contributed by atoms with Crippen molar-refractivity contribution in [2.45, 2.75) is 43.2 Å². The number of hydrogen-bond acceptors (Lipinski definition) is 3. The highest BCUT2D eigenvalue weighted by Crippen LogP contribution is 2.27. The van der Waals surface area contributed by atoms with Gasteiger partial charge in [-0.15, -0.1) is 11.6 Å². The van der Waals surface area contributed by atoms with Crippen LogP contribution < -0.4 is 0 Å². The van der Waals surface area contributed by atoms with Crippen LogP contribution in [0, 0.1) is 6.92 Å². The Morgan fingerprint density at radius 2 is 2.28 bits per heavy atom. The lowest BCUT2D eigenvalue weighted by Crippen LogP contribution is -2.37. The van der Waals surface area contributed by atoms with Crippen LogP contribution in [-0.4, -0.2) is 29.8 Å². The molecule has 0 bridgehead atoms. The number of halogens is 1. The minimum atomic E-state index is -3.02. The zero-order valence-electron chi connectivity index (χ0n) is 10.5. The van der Waals surface area contributed by atoms with Crippen molar-refractivity contribution < 1.29 is 8.42 Å². The summed E-state index contributed by atoms with van der Waals surface area (Å²) < 4.78 is 24.0. The predicted octanol–water partition coefficient (Wildman–Crippen LogP) is 2.51. The number of alkyl halides is 1. The topological polar surface area (TPSA) is 47.0 Å². The number of hydrogen-bond donors (Lipinski definition) is 0. The van der Waals surface area contributed by atoms with Gasteiger partial charge >= 0.3 is 0 Å². The molecule has 0 aromatic carbocycles. The summed E-state index contributed by atoms with van der Waals surface area (Å²) in [5.41, 5.74) is 1.97. The van der Waals surface area contributed by atoms with Crippen LogP contribution in [0.3, 0.4) is 0 Å². The third kappa shape index (κ3) is 3.04. The first-order chi connectivity index (χ1) is 8.50. The van der Waals surface area contributed by atoms with Crippen LogP contribution in [0.2, 0.25) is 0 Å². The van der Waals surface area contributed by atoms with E-state index in [0.717, 1.165) is 24.1 Å². The summed E-state index contributed by atoms with van der Waals surface area (Å²) in [4.78, 5) is 4.28. The fraction of sp³-hybridized carbons (Fsp3) is 0.615. The van der Waals surface area contributed by atoms with Gasteiger partial charge in [0.05, 0.1) is 16.4 Å². The SMILES string of the molecule is Cc1cccnc1CC(Cl)C1CCCCS1(=O)=O. The Balaban J connectivity index is 2.12. The highest BCUT2D eigenvalue weighted by molar-refractivity contribution is 7.92. The maximum absolute atomic E-state index is 12.0. The lowest BCUT2D eigenvalue weighted by atomic mass is 10.1. The van der Waals surface area contributed by atoms with E-state index >= 15 is 0 Å². The molecule has 100 valence electrons. The molecule has 0 spiro atoms. The van der Waals surface area contributed by atoms with E-state index in [1.165, 1.54) is 0 Å². The van der Waals surface area contributed by atoms with Gasteiger partial charge < -0.3 is 0 Å². The fourth-order valence-electron chi connectivity index (χ4n) is 2.43. The zero-order chi connectivity index (χ0) is 13.2. The molecule has 1 fully saturated rings. The minimum absolute atomic E-state index is 0.280. The Bertz CT molecular complexity index is 515. The Morgan fingerprint density at radius 1 is 1.50 bits per heavy atom. The first kappa shape index (κ1) is 13.8. The summed E-state index contributed by atoms with van der Waals surface area (Å²) in [6.45, 7) is 1.97. The number of aryl methyl sites for hydroxylation is 1. The van der Waals surface area contributed by atoms with Crippen LogP contribution in [0.1, 0.15) is 30.5 Å². The summed E-state index contributed by atoms with van der Waals surface area (Å²) in [5.74, 6) is 0.280. The summed E-state index contributed by atoms with van der Waals surface area (Å²) in [6.07, 6.45) is 4.65. The van der Waals surface area contributed by atoms with E-state index in [2.05, 4.69) is 4.98 Å². The van der Waals surface area contributed by atoms with Gasteiger partial charge in [-0.3, -0.25) is 4.98 Å². The van der Waals surface area contributed by atoms with Gasteiger partial charge in [0.2, 0.25) is 0 Å². The quantitative estimate of drug-likeness (QED) is 0.803. The van der Waals surface area contributed by atoms with Crippen molar-refractivity contribution in [1.29, 1.82) is 0 Å². The molecule has 2 atom stereocenters. The third-order valence-electron chi connectivity index (χ3n) is 3.54. The molecule has 1 aromatic rings. The zero-order valence-corrected chi connectivity index (χ0v) is 12.0. The van der Waals surface area contributed by atoms with Gasteiger partial charge in [0.15, 0.2) is 9.84 Å². The Hall–Kier alpha value is -0.610. The Morgan fingerprint density at radius 3 is 2.94 bits per heavy atom.